The number of rotatable bonds is 6. The van der Waals surface area contributed by atoms with Gasteiger partial charge < -0.3 is 10.2 Å². The summed E-state index contributed by atoms with van der Waals surface area (Å²) in [6, 6.07) is 0.859. The van der Waals surface area contributed by atoms with E-state index in [0.29, 0.717) is 0 Å². The van der Waals surface area contributed by atoms with E-state index in [-0.39, 0.29) is 0 Å². The number of hydrogen-bond acceptors (Lipinski definition) is 2. The molecule has 126 valence electrons. The summed E-state index contributed by atoms with van der Waals surface area (Å²) >= 11 is 0. The third-order valence-electron chi connectivity index (χ3n) is 5.73. The van der Waals surface area contributed by atoms with Gasteiger partial charge in [0, 0.05) is 32.2 Å². The summed E-state index contributed by atoms with van der Waals surface area (Å²) in [7, 11) is 0. The van der Waals surface area contributed by atoms with Gasteiger partial charge in [-0.15, -0.1) is 0 Å². The van der Waals surface area contributed by atoms with Gasteiger partial charge in [-0.05, 0) is 51.0 Å². The van der Waals surface area contributed by atoms with Crippen LogP contribution >= 0.6 is 0 Å². The number of hydrogen-bond donors (Lipinski definition) is 1. The van der Waals surface area contributed by atoms with Gasteiger partial charge >= 0.3 is 0 Å². The van der Waals surface area contributed by atoms with Crippen LogP contribution in [0, 0.1) is 11.8 Å². The van der Waals surface area contributed by atoms with Gasteiger partial charge in [0.2, 0.25) is 0 Å². The first-order valence-electron chi connectivity index (χ1n) is 9.59. The highest BCUT2D eigenvalue weighted by Crippen LogP contribution is 2.35. The van der Waals surface area contributed by atoms with Gasteiger partial charge in [-0.1, -0.05) is 19.8 Å². The normalized spacial score (nSPS) is 29.0. The molecule has 1 N–H and O–H groups in total. The summed E-state index contributed by atoms with van der Waals surface area (Å²) in [4.78, 5) is 10.1. The van der Waals surface area contributed by atoms with Crippen molar-refractivity contribution in [3.8, 4) is 0 Å². The average Bonchev–Trinajstić information content (AvgIpc) is 3.28. The lowest BCUT2D eigenvalue weighted by molar-refractivity contribution is 0.285. The maximum atomic E-state index is 4.94. The number of likely N-dealkylation sites (N-methyl/N-ethyl adjacent to an activating group) is 1. The van der Waals surface area contributed by atoms with E-state index < -0.39 is 0 Å². The molecule has 2 unspecified atom stereocenters. The Kier molecular flexibility index (Phi) is 5.61. The summed E-state index contributed by atoms with van der Waals surface area (Å²) in [6.07, 6.45) is 8.54. The Hall–Kier alpha value is -0.770. The minimum Gasteiger partial charge on any atom is -0.357 e. The fraction of sp³-hybridized carbons (Fsp3) is 0.944. The minimum atomic E-state index is 0.859. The molecule has 1 heterocycles. The van der Waals surface area contributed by atoms with Crippen LogP contribution in [0.25, 0.3) is 0 Å². The van der Waals surface area contributed by atoms with Crippen molar-refractivity contribution in [3.05, 3.63) is 0 Å². The highest BCUT2D eigenvalue weighted by molar-refractivity contribution is 5.80. The van der Waals surface area contributed by atoms with Crippen molar-refractivity contribution in [2.45, 2.75) is 58.4 Å². The first kappa shape index (κ1) is 16.1. The van der Waals surface area contributed by atoms with Crippen molar-refractivity contribution < 1.29 is 0 Å². The van der Waals surface area contributed by atoms with E-state index in [0.717, 1.165) is 37.5 Å². The predicted octanol–water partition coefficient (Wildman–Crippen LogP) is 2.56. The van der Waals surface area contributed by atoms with Gasteiger partial charge in [-0.25, -0.2) is 0 Å². The number of nitrogens with one attached hydrogen (secondary N) is 1. The van der Waals surface area contributed by atoms with E-state index >= 15 is 0 Å². The number of likely N-dealkylation sites (tertiary alicyclic amines) is 1. The average molecular weight is 306 g/mol. The number of fused-ring (bicyclic) bond motifs is 1. The molecule has 3 fully saturated rings. The second kappa shape index (κ2) is 7.67. The monoisotopic (exact) mass is 306 g/mol. The highest BCUT2D eigenvalue weighted by atomic mass is 15.3. The zero-order chi connectivity index (χ0) is 15.4. The standard InChI is InChI=1S/C18H34N4/c1-3-19-18(20-11-12-21(4-2)17-9-10-17)22-13-15-7-5-6-8-16(15)14-22/h15-17H,3-14H2,1-2H3,(H,19,20). The SMILES string of the molecule is CCNC(=NCCN(CC)C1CC1)N1CC2CCCCC2C1. The summed E-state index contributed by atoms with van der Waals surface area (Å²) < 4.78 is 0. The summed E-state index contributed by atoms with van der Waals surface area (Å²) in [5.74, 6) is 3.02. The van der Waals surface area contributed by atoms with Crippen molar-refractivity contribution in [2.75, 3.05) is 39.3 Å². The van der Waals surface area contributed by atoms with Gasteiger partial charge in [-0.3, -0.25) is 9.89 Å². The molecule has 3 rings (SSSR count). The van der Waals surface area contributed by atoms with Crippen LogP contribution in [0.2, 0.25) is 0 Å². The smallest absolute Gasteiger partial charge is 0.193 e. The minimum absolute atomic E-state index is 0.859. The Balaban J connectivity index is 1.53. The largest absolute Gasteiger partial charge is 0.357 e. The van der Waals surface area contributed by atoms with Crippen LogP contribution in [0.15, 0.2) is 4.99 Å². The Morgan fingerprint density at radius 3 is 2.32 bits per heavy atom. The molecule has 0 spiro atoms. The summed E-state index contributed by atoms with van der Waals surface area (Å²) in [6.45, 7) is 11.1. The van der Waals surface area contributed by atoms with Crippen LogP contribution in [0.4, 0.5) is 0 Å². The lowest BCUT2D eigenvalue weighted by Gasteiger charge is -2.23. The van der Waals surface area contributed by atoms with Crippen LogP contribution in [-0.4, -0.2) is 61.1 Å². The highest BCUT2D eigenvalue weighted by Gasteiger charge is 2.35. The number of guanidine groups is 1. The molecule has 0 aromatic carbocycles. The summed E-state index contributed by atoms with van der Waals surface area (Å²) in [5.41, 5.74) is 0. The van der Waals surface area contributed by atoms with E-state index in [1.54, 1.807) is 0 Å². The topological polar surface area (TPSA) is 30.9 Å². The number of aliphatic imine (C=N–C) groups is 1. The zero-order valence-electron chi connectivity index (χ0n) is 14.6. The molecule has 2 atom stereocenters. The van der Waals surface area contributed by atoms with Gasteiger partial charge in [0.05, 0.1) is 6.54 Å². The fourth-order valence-electron chi connectivity index (χ4n) is 4.33. The van der Waals surface area contributed by atoms with Crippen molar-refractivity contribution >= 4 is 5.96 Å². The molecule has 0 amide bonds. The molecule has 22 heavy (non-hydrogen) atoms. The van der Waals surface area contributed by atoms with Crippen molar-refractivity contribution in [1.82, 2.24) is 15.1 Å². The molecule has 2 saturated carbocycles. The molecule has 4 nitrogen and oxygen atoms in total. The maximum absolute atomic E-state index is 4.94. The van der Waals surface area contributed by atoms with Crippen molar-refractivity contribution in [2.24, 2.45) is 16.8 Å². The third kappa shape index (κ3) is 3.95. The van der Waals surface area contributed by atoms with E-state index in [1.165, 1.54) is 64.1 Å². The zero-order valence-corrected chi connectivity index (χ0v) is 14.6. The van der Waals surface area contributed by atoms with Gasteiger partial charge in [0.25, 0.3) is 0 Å². The molecule has 0 bridgehead atoms. The fourth-order valence-corrected chi connectivity index (χ4v) is 4.33. The van der Waals surface area contributed by atoms with Crippen LogP contribution in [0.3, 0.4) is 0 Å². The van der Waals surface area contributed by atoms with Crippen LogP contribution < -0.4 is 5.32 Å². The molecular weight excluding hydrogens is 272 g/mol. The molecule has 0 radical (unpaired) electrons. The predicted molar refractivity (Wildman–Crippen MR) is 93.3 cm³/mol. The molecule has 2 aliphatic carbocycles. The van der Waals surface area contributed by atoms with Crippen molar-refractivity contribution in [1.29, 1.82) is 0 Å². The first-order chi connectivity index (χ1) is 10.8. The Labute approximate surface area is 136 Å². The Morgan fingerprint density at radius 2 is 1.77 bits per heavy atom. The van der Waals surface area contributed by atoms with E-state index in [9.17, 15) is 0 Å². The van der Waals surface area contributed by atoms with E-state index in [2.05, 4.69) is 29.0 Å². The third-order valence-corrected chi connectivity index (χ3v) is 5.73. The molecule has 3 aliphatic rings. The second-order valence-electron chi connectivity index (χ2n) is 7.31. The molecule has 0 aromatic rings. The Bertz CT molecular complexity index is 363. The molecular formula is C18H34N4. The Morgan fingerprint density at radius 1 is 1.09 bits per heavy atom. The van der Waals surface area contributed by atoms with E-state index in [1.807, 2.05) is 0 Å². The molecule has 1 saturated heterocycles. The van der Waals surface area contributed by atoms with Crippen LogP contribution in [-0.2, 0) is 0 Å². The van der Waals surface area contributed by atoms with Gasteiger partial charge in [0.1, 0.15) is 0 Å². The van der Waals surface area contributed by atoms with Crippen LogP contribution in [0.1, 0.15) is 52.4 Å². The van der Waals surface area contributed by atoms with E-state index in [4.69, 9.17) is 4.99 Å². The van der Waals surface area contributed by atoms with Crippen LogP contribution in [0.5, 0.6) is 0 Å². The molecule has 0 aromatic heterocycles. The quantitative estimate of drug-likeness (QED) is 0.604. The first-order valence-corrected chi connectivity index (χ1v) is 9.59. The molecule has 4 heteroatoms. The second-order valence-corrected chi connectivity index (χ2v) is 7.31. The maximum Gasteiger partial charge on any atom is 0.193 e. The summed E-state index contributed by atoms with van der Waals surface area (Å²) in [5, 5.41) is 3.53. The van der Waals surface area contributed by atoms with Crippen molar-refractivity contribution in [3.63, 3.8) is 0 Å². The lowest BCUT2D eigenvalue weighted by atomic mass is 9.82. The van der Waals surface area contributed by atoms with Gasteiger partial charge in [-0.2, -0.15) is 0 Å². The lowest BCUT2D eigenvalue weighted by Crippen LogP contribution is -2.41. The van der Waals surface area contributed by atoms with Gasteiger partial charge in [0.15, 0.2) is 5.96 Å². The number of nitrogens with zero attached hydrogens (tertiary/aromatic N) is 3. The molecule has 1 aliphatic heterocycles.